The number of thioether (sulfide) groups is 1. The average molecular weight is 454 g/mol. The van der Waals surface area contributed by atoms with Crippen molar-refractivity contribution in [3.8, 4) is 0 Å². The zero-order valence-electron chi connectivity index (χ0n) is 16.8. The summed E-state index contributed by atoms with van der Waals surface area (Å²) in [5.41, 5.74) is 2.61. The number of hydrogen-bond acceptors (Lipinski definition) is 5. The van der Waals surface area contributed by atoms with E-state index in [0.29, 0.717) is 20.9 Å². The number of thiophene rings is 1. The van der Waals surface area contributed by atoms with Gasteiger partial charge in [-0.15, -0.1) is 11.3 Å². The molecular formula is C23H20FN3O2S2. The molecule has 4 rings (SSSR count). The molecule has 4 aromatic rings. The van der Waals surface area contributed by atoms with Gasteiger partial charge >= 0.3 is 0 Å². The van der Waals surface area contributed by atoms with Gasteiger partial charge in [0.15, 0.2) is 5.16 Å². The van der Waals surface area contributed by atoms with Crippen molar-refractivity contribution in [2.24, 2.45) is 0 Å². The molecule has 0 saturated carbocycles. The summed E-state index contributed by atoms with van der Waals surface area (Å²) in [5.74, 6) is -0.504. The Morgan fingerprint density at radius 2 is 2.03 bits per heavy atom. The van der Waals surface area contributed by atoms with Crippen molar-refractivity contribution in [2.75, 3.05) is 11.1 Å². The van der Waals surface area contributed by atoms with E-state index in [0.717, 1.165) is 29.4 Å². The summed E-state index contributed by atoms with van der Waals surface area (Å²) in [6, 6.07) is 15.8. The lowest BCUT2D eigenvalue weighted by atomic mass is 10.1. The van der Waals surface area contributed by atoms with Gasteiger partial charge in [-0.05, 0) is 41.6 Å². The predicted octanol–water partition coefficient (Wildman–Crippen LogP) is 4.94. The number of nitrogens with one attached hydrogen (secondary N) is 1. The Balaban J connectivity index is 1.58. The molecule has 0 atom stereocenters. The summed E-state index contributed by atoms with van der Waals surface area (Å²) < 4.78 is 16.2. The van der Waals surface area contributed by atoms with E-state index in [1.807, 2.05) is 24.3 Å². The highest BCUT2D eigenvalue weighted by atomic mass is 32.2. The Bertz CT molecular complexity index is 1300. The second-order valence-corrected chi connectivity index (χ2v) is 8.76. The van der Waals surface area contributed by atoms with Gasteiger partial charge in [-0.2, -0.15) is 0 Å². The van der Waals surface area contributed by atoms with Crippen LogP contribution in [0, 0.1) is 5.82 Å². The van der Waals surface area contributed by atoms with E-state index in [4.69, 9.17) is 0 Å². The Labute approximate surface area is 187 Å². The third kappa shape index (κ3) is 4.86. The summed E-state index contributed by atoms with van der Waals surface area (Å²) in [7, 11) is 0. The van der Waals surface area contributed by atoms with E-state index in [1.54, 1.807) is 29.6 Å². The van der Waals surface area contributed by atoms with Gasteiger partial charge in [0, 0.05) is 11.3 Å². The second kappa shape index (κ2) is 9.45. The molecule has 0 aliphatic carbocycles. The third-order valence-corrected chi connectivity index (χ3v) is 6.64. The summed E-state index contributed by atoms with van der Waals surface area (Å²) >= 11 is 2.47. The highest BCUT2D eigenvalue weighted by Crippen LogP contribution is 2.22. The van der Waals surface area contributed by atoms with Crippen LogP contribution in [-0.4, -0.2) is 21.2 Å². The van der Waals surface area contributed by atoms with Crippen LogP contribution in [0.15, 0.2) is 69.9 Å². The fraction of sp³-hybridized carbons (Fsp3) is 0.174. The molecule has 1 N–H and O–H groups in total. The number of aromatic nitrogens is 2. The van der Waals surface area contributed by atoms with Crippen molar-refractivity contribution in [2.45, 2.75) is 25.0 Å². The number of carbonyl (C=O) groups excluding carboxylic acids is 1. The van der Waals surface area contributed by atoms with Crippen LogP contribution in [0.3, 0.4) is 0 Å². The van der Waals surface area contributed by atoms with Crippen molar-refractivity contribution < 1.29 is 9.18 Å². The lowest BCUT2D eigenvalue weighted by Gasteiger charge is -2.13. The summed E-state index contributed by atoms with van der Waals surface area (Å²) in [6.07, 6.45) is 0.880. The first-order chi connectivity index (χ1) is 15.0. The SMILES string of the molecule is CCc1cccc(NC(=O)CSc2nc3ccsc3c(=O)n2Cc2ccccc2F)c1. The number of benzene rings is 2. The molecule has 0 aliphatic heterocycles. The molecule has 0 spiro atoms. The first-order valence-electron chi connectivity index (χ1n) is 9.78. The van der Waals surface area contributed by atoms with Crippen LogP contribution < -0.4 is 10.9 Å². The van der Waals surface area contributed by atoms with Crippen molar-refractivity contribution in [1.29, 1.82) is 0 Å². The van der Waals surface area contributed by atoms with Gasteiger partial charge in [0.25, 0.3) is 5.56 Å². The highest BCUT2D eigenvalue weighted by Gasteiger charge is 2.16. The molecule has 158 valence electrons. The number of amides is 1. The standard InChI is InChI=1S/C23H20FN3O2S2/c1-2-15-6-5-8-17(12-15)25-20(28)14-31-23-26-19-10-11-30-21(19)22(29)27(23)13-16-7-3-4-9-18(16)24/h3-12H,2,13-14H2,1H3,(H,25,28). The normalized spacial score (nSPS) is 11.0. The fourth-order valence-corrected chi connectivity index (χ4v) is 4.74. The van der Waals surface area contributed by atoms with Crippen molar-refractivity contribution in [3.63, 3.8) is 0 Å². The van der Waals surface area contributed by atoms with Crippen molar-refractivity contribution in [1.82, 2.24) is 9.55 Å². The van der Waals surface area contributed by atoms with Crippen LogP contribution in [0.2, 0.25) is 0 Å². The summed E-state index contributed by atoms with van der Waals surface area (Å²) in [6.45, 7) is 2.10. The van der Waals surface area contributed by atoms with Crippen molar-refractivity contribution >= 4 is 44.9 Å². The highest BCUT2D eigenvalue weighted by molar-refractivity contribution is 7.99. The molecule has 0 unspecified atom stereocenters. The number of nitrogens with zero attached hydrogens (tertiary/aromatic N) is 2. The van der Waals surface area contributed by atoms with Crippen LogP contribution in [0.5, 0.6) is 0 Å². The molecule has 2 aromatic heterocycles. The lowest BCUT2D eigenvalue weighted by molar-refractivity contribution is -0.113. The molecule has 0 bridgehead atoms. The molecule has 1 amide bonds. The van der Waals surface area contributed by atoms with E-state index in [2.05, 4.69) is 17.2 Å². The summed E-state index contributed by atoms with van der Waals surface area (Å²) in [4.78, 5) is 30.1. The second-order valence-electron chi connectivity index (χ2n) is 6.90. The Morgan fingerprint density at radius 1 is 1.19 bits per heavy atom. The number of fused-ring (bicyclic) bond motifs is 1. The number of hydrogen-bond donors (Lipinski definition) is 1. The number of anilines is 1. The quantitative estimate of drug-likeness (QED) is 0.318. The molecule has 2 heterocycles. The van der Waals surface area contributed by atoms with Gasteiger partial charge in [-0.3, -0.25) is 14.2 Å². The maximum atomic E-state index is 14.2. The zero-order valence-corrected chi connectivity index (χ0v) is 18.4. The Morgan fingerprint density at radius 3 is 2.84 bits per heavy atom. The molecule has 2 aromatic carbocycles. The van der Waals surface area contributed by atoms with Gasteiger partial charge in [0.05, 0.1) is 17.8 Å². The Hall–Kier alpha value is -2.97. The van der Waals surface area contributed by atoms with E-state index in [-0.39, 0.29) is 29.6 Å². The van der Waals surface area contributed by atoms with Crippen molar-refractivity contribution in [3.05, 3.63) is 87.3 Å². The van der Waals surface area contributed by atoms with E-state index < -0.39 is 0 Å². The molecule has 5 nitrogen and oxygen atoms in total. The van der Waals surface area contributed by atoms with Crippen LogP contribution in [0.25, 0.3) is 10.2 Å². The minimum absolute atomic E-state index is 0.0504. The topological polar surface area (TPSA) is 64.0 Å². The molecule has 8 heteroatoms. The van der Waals surface area contributed by atoms with Crippen LogP contribution in [-0.2, 0) is 17.8 Å². The minimum atomic E-state index is -0.384. The lowest BCUT2D eigenvalue weighted by Crippen LogP contribution is -2.24. The Kier molecular flexibility index (Phi) is 6.48. The van der Waals surface area contributed by atoms with Gasteiger partial charge in [-0.25, -0.2) is 9.37 Å². The monoisotopic (exact) mass is 453 g/mol. The van der Waals surface area contributed by atoms with Crippen LogP contribution in [0.4, 0.5) is 10.1 Å². The van der Waals surface area contributed by atoms with Crippen LogP contribution in [0.1, 0.15) is 18.1 Å². The molecule has 0 radical (unpaired) electrons. The predicted molar refractivity (Wildman–Crippen MR) is 125 cm³/mol. The number of aryl methyl sites for hydroxylation is 1. The van der Waals surface area contributed by atoms with Gasteiger partial charge in [0.1, 0.15) is 10.5 Å². The zero-order chi connectivity index (χ0) is 21.8. The first kappa shape index (κ1) is 21.3. The number of halogens is 1. The van der Waals surface area contributed by atoms with E-state index in [9.17, 15) is 14.0 Å². The molecular weight excluding hydrogens is 433 g/mol. The average Bonchev–Trinajstić information content (AvgIpc) is 3.25. The summed E-state index contributed by atoms with van der Waals surface area (Å²) in [5, 5.41) is 5.06. The van der Waals surface area contributed by atoms with Gasteiger partial charge in [-0.1, -0.05) is 49.0 Å². The molecule has 31 heavy (non-hydrogen) atoms. The van der Waals surface area contributed by atoms with E-state index in [1.165, 1.54) is 22.0 Å². The largest absolute Gasteiger partial charge is 0.325 e. The van der Waals surface area contributed by atoms with Gasteiger partial charge in [0.2, 0.25) is 5.91 Å². The molecule has 0 aliphatic rings. The fourth-order valence-electron chi connectivity index (χ4n) is 3.17. The molecule has 0 saturated heterocycles. The van der Waals surface area contributed by atoms with E-state index >= 15 is 0 Å². The maximum Gasteiger partial charge on any atom is 0.272 e. The van der Waals surface area contributed by atoms with Crippen LogP contribution >= 0.6 is 23.1 Å². The first-order valence-corrected chi connectivity index (χ1v) is 11.6. The third-order valence-electron chi connectivity index (χ3n) is 4.77. The smallest absolute Gasteiger partial charge is 0.272 e. The minimum Gasteiger partial charge on any atom is -0.325 e. The molecule has 0 fully saturated rings. The number of carbonyl (C=O) groups is 1. The van der Waals surface area contributed by atoms with Gasteiger partial charge < -0.3 is 5.32 Å². The maximum absolute atomic E-state index is 14.2. The number of rotatable bonds is 7.